The SMILES string of the molecule is CC12CCN(C1)C2=O. The van der Waals surface area contributed by atoms with E-state index in [9.17, 15) is 4.79 Å². The highest BCUT2D eigenvalue weighted by molar-refractivity contribution is 5.90. The molecule has 3 aliphatic heterocycles. The fourth-order valence-corrected chi connectivity index (χ4v) is 1.60. The van der Waals surface area contributed by atoms with E-state index in [4.69, 9.17) is 0 Å². The molecule has 2 nitrogen and oxygen atoms in total. The molecule has 2 bridgehead atoms. The van der Waals surface area contributed by atoms with E-state index in [-0.39, 0.29) is 5.41 Å². The van der Waals surface area contributed by atoms with Gasteiger partial charge in [0.2, 0.25) is 5.91 Å². The second-order valence-corrected chi connectivity index (χ2v) is 3.04. The van der Waals surface area contributed by atoms with Gasteiger partial charge in [0, 0.05) is 13.1 Å². The minimum absolute atomic E-state index is 0.0833. The van der Waals surface area contributed by atoms with Crippen LogP contribution in [0.5, 0.6) is 0 Å². The van der Waals surface area contributed by atoms with Crippen LogP contribution in [0.2, 0.25) is 0 Å². The molecule has 3 fully saturated rings. The first kappa shape index (κ1) is 4.36. The fraction of sp³-hybridized carbons (Fsp3) is 0.833. The Bertz CT molecular complexity index is 151. The molecule has 0 saturated carbocycles. The van der Waals surface area contributed by atoms with E-state index in [0.717, 1.165) is 19.5 Å². The summed E-state index contributed by atoms with van der Waals surface area (Å²) in [7, 11) is 0. The largest absolute Gasteiger partial charge is 0.341 e. The lowest BCUT2D eigenvalue weighted by atomic mass is 9.85. The predicted molar refractivity (Wildman–Crippen MR) is 29.3 cm³/mol. The summed E-state index contributed by atoms with van der Waals surface area (Å²) < 4.78 is 0. The zero-order valence-corrected chi connectivity index (χ0v) is 4.98. The number of β-lactam (4-membered cyclic amide) rings is 1. The Morgan fingerprint density at radius 2 is 2.50 bits per heavy atom. The van der Waals surface area contributed by atoms with Gasteiger partial charge in [-0.2, -0.15) is 0 Å². The minimum Gasteiger partial charge on any atom is -0.341 e. The zero-order chi connectivity index (χ0) is 5.78. The third-order valence-corrected chi connectivity index (χ3v) is 2.28. The Morgan fingerprint density at radius 3 is 2.62 bits per heavy atom. The summed E-state index contributed by atoms with van der Waals surface area (Å²) in [5.41, 5.74) is 0.0833. The average molecular weight is 111 g/mol. The van der Waals surface area contributed by atoms with Crippen molar-refractivity contribution < 1.29 is 4.79 Å². The van der Waals surface area contributed by atoms with Crippen LogP contribution in [-0.2, 0) is 4.79 Å². The Morgan fingerprint density at radius 1 is 1.75 bits per heavy atom. The molecule has 8 heavy (non-hydrogen) atoms. The van der Waals surface area contributed by atoms with Crippen molar-refractivity contribution in [2.75, 3.05) is 13.1 Å². The van der Waals surface area contributed by atoms with Crippen molar-refractivity contribution in [3.8, 4) is 0 Å². The van der Waals surface area contributed by atoms with Crippen molar-refractivity contribution in [2.24, 2.45) is 5.41 Å². The maximum atomic E-state index is 10.9. The van der Waals surface area contributed by atoms with Gasteiger partial charge in [-0.05, 0) is 13.3 Å². The Labute approximate surface area is 48.5 Å². The topological polar surface area (TPSA) is 20.3 Å². The van der Waals surface area contributed by atoms with Gasteiger partial charge in [0.1, 0.15) is 0 Å². The summed E-state index contributed by atoms with van der Waals surface area (Å²) in [6, 6.07) is 0. The standard InChI is InChI=1S/C6H9NO/c1-6-2-3-7(4-6)5(6)8/h2-4H2,1H3. The summed E-state index contributed by atoms with van der Waals surface area (Å²) in [5, 5.41) is 0. The number of carbonyl (C=O) groups excluding carboxylic acids is 1. The number of nitrogens with zero attached hydrogens (tertiary/aromatic N) is 1. The lowest BCUT2D eigenvalue weighted by Gasteiger charge is -2.35. The number of hydrogen-bond donors (Lipinski definition) is 0. The van der Waals surface area contributed by atoms with Crippen LogP contribution in [0.1, 0.15) is 13.3 Å². The van der Waals surface area contributed by atoms with E-state index in [1.807, 2.05) is 4.90 Å². The fourth-order valence-electron chi connectivity index (χ4n) is 1.60. The van der Waals surface area contributed by atoms with Crippen molar-refractivity contribution in [3.05, 3.63) is 0 Å². The third-order valence-electron chi connectivity index (χ3n) is 2.28. The van der Waals surface area contributed by atoms with Gasteiger partial charge in [0.25, 0.3) is 0 Å². The summed E-state index contributed by atoms with van der Waals surface area (Å²) in [6.07, 6.45) is 1.09. The lowest BCUT2D eigenvalue weighted by molar-refractivity contribution is -0.147. The van der Waals surface area contributed by atoms with Gasteiger partial charge in [-0.3, -0.25) is 4.79 Å². The molecule has 3 aliphatic rings. The first-order valence-corrected chi connectivity index (χ1v) is 3.02. The zero-order valence-electron chi connectivity index (χ0n) is 4.98. The lowest BCUT2D eigenvalue weighted by Crippen LogP contribution is -2.50. The predicted octanol–water partition coefficient (Wildman–Crippen LogP) is 0.239. The van der Waals surface area contributed by atoms with Crippen LogP contribution in [0, 0.1) is 5.41 Å². The van der Waals surface area contributed by atoms with E-state index in [2.05, 4.69) is 6.92 Å². The number of hydrogen-bond acceptors (Lipinski definition) is 1. The number of fused-ring (bicyclic) bond motifs is 1. The summed E-state index contributed by atoms with van der Waals surface area (Å²) >= 11 is 0. The van der Waals surface area contributed by atoms with Gasteiger partial charge in [-0.1, -0.05) is 0 Å². The molecule has 3 rings (SSSR count). The van der Waals surface area contributed by atoms with Gasteiger partial charge < -0.3 is 4.90 Å². The average Bonchev–Trinajstić information content (AvgIpc) is 2.21. The normalized spacial score (nSPS) is 42.6. The van der Waals surface area contributed by atoms with Crippen LogP contribution >= 0.6 is 0 Å². The molecule has 2 heteroatoms. The monoisotopic (exact) mass is 111 g/mol. The molecule has 1 amide bonds. The Kier molecular flexibility index (Phi) is 0.504. The molecule has 1 unspecified atom stereocenters. The molecule has 0 N–H and O–H groups in total. The molecule has 0 aliphatic carbocycles. The van der Waals surface area contributed by atoms with Gasteiger partial charge in [0.05, 0.1) is 5.41 Å². The highest BCUT2D eigenvalue weighted by Gasteiger charge is 2.53. The van der Waals surface area contributed by atoms with Crippen molar-refractivity contribution in [1.82, 2.24) is 4.90 Å². The van der Waals surface area contributed by atoms with Gasteiger partial charge in [0.15, 0.2) is 0 Å². The van der Waals surface area contributed by atoms with Crippen LogP contribution < -0.4 is 0 Å². The van der Waals surface area contributed by atoms with Crippen LogP contribution in [0.3, 0.4) is 0 Å². The molecular formula is C6H9NO. The van der Waals surface area contributed by atoms with E-state index < -0.39 is 0 Å². The van der Waals surface area contributed by atoms with Crippen LogP contribution in [-0.4, -0.2) is 23.9 Å². The van der Waals surface area contributed by atoms with E-state index in [1.165, 1.54) is 0 Å². The van der Waals surface area contributed by atoms with Crippen molar-refractivity contribution >= 4 is 5.91 Å². The van der Waals surface area contributed by atoms with Gasteiger partial charge >= 0.3 is 0 Å². The first-order valence-electron chi connectivity index (χ1n) is 3.02. The molecular weight excluding hydrogens is 102 g/mol. The van der Waals surface area contributed by atoms with Crippen molar-refractivity contribution in [3.63, 3.8) is 0 Å². The molecule has 1 atom stereocenters. The van der Waals surface area contributed by atoms with E-state index in [0.29, 0.717) is 5.91 Å². The Hall–Kier alpha value is -0.530. The maximum absolute atomic E-state index is 10.9. The van der Waals surface area contributed by atoms with Gasteiger partial charge in [-0.25, -0.2) is 0 Å². The number of carbonyl (C=O) groups is 1. The second kappa shape index (κ2) is 0.925. The molecule has 3 heterocycles. The molecule has 3 saturated heterocycles. The summed E-state index contributed by atoms with van der Waals surface area (Å²) in [6.45, 7) is 4.08. The summed E-state index contributed by atoms with van der Waals surface area (Å²) in [4.78, 5) is 12.8. The highest BCUT2D eigenvalue weighted by Crippen LogP contribution is 2.41. The minimum atomic E-state index is 0.0833. The second-order valence-electron chi connectivity index (χ2n) is 3.04. The molecule has 0 aromatic heterocycles. The van der Waals surface area contributed by atoms with Crippen LogP contribution in [0.25, 0.3) is 0 Å². The number of amides is 1. The third kappa shape index (κ3) is 0.261. The van der Waals surface area contributed by atoms with Gasteiger partial charge in [-0.15, -0.1) is 0 Å². The first-order chi connectivity index (χ1) is 3.72. The molecule has 44 valence electrons. The quantitative estimate of drug-likeness (QED) is 0.410. The van der Waals surface area contributed by atoms with Crippen molar-refractivity contribution in [2.45, 2.75) is 13.3 Å². The smallest absolute Gasteiger partial charge is 0.230 e. The summed E-state index contributed by atoms with van der Waals surface area (Å²) in [5.74, 6) is 0.373. The van der Waals surface area contributed by atoms with Crippen LogP contribution in [0.4, 0.5) is 0 Å². The van der Waals surface area contributed by atoms with E-state index >= 15 is 0 Å². The molecule has 0 aromatic rings. The molecule has 0 radical (unpaired) electrons. The van der Waals surface area contributed by atoms with Crippen LogP contribution in [0.15, 0.2) is 0 Å². The number of rotatable bonds is 0. The highest BCUT2D eigenvalue weighted by atomic mass is 16.2. The molecule has 0 aromatic carbocycles. The van der Waals surface area contributed by atoms with E-state index in [1.54, 1.807) is 0 Å². The van der Waals surface area contributed by atoms with Crippen molar-refractivity contribution in [1.29, 1.82) is 0 Å². The maximum Gasteiger partial charge on any atom is 0.230 e. The Balaban J connectivity index is 2.35. The molecule has 0 spiro atoms.